The summed E-state index contributed by atoms with van der Waals surface area (Å²) in [5.74, 6) is 0. The molecule has 2 aliphatic rings. The maximum Gasteiger partial charge on any atom is 0.0716 e. The van der Waals surface area contributed by atoms with Crippen LogP contribution in [0.3, 0.4) is 0 Å². The molecule has 0 unspecified atom stereocenters. The molecule has 2 nitrogen and oxygen atoms in total. The summed E-state index contributed by atoms with van der Waals surface area (Å²) in [7, 11) is 0. The Hall–Kier alpha value is -10.3. The SMILES string of the molecule is CCCc1cc(N(c2ccccc2)c2c(C)ccc(C3(c4ccccc4)c4ccccc4-c4ccccc43)c2C)c2ccc3c(CCC)cc(N(c4ccccc4)c4c(C)ccc(C5(c6ccccc6)c6ccccc6-c6ccccc65)c4C)c4ccc1c2c34. The van der Waals surface area contributed by atoms with Gasteiger partial charge >= 0.3 is 0 Å². The van der Waals surface area contributed by atoms with E-state index in [0.29, 0.717) is 0 Å². The Morgan fingerprint density at radius 3 is 0.922 bits per heavy atom. The molecular weight excluding hydrogens is 1080 g/mol. The molecule has 0 aromatic heterocycles. The van der Waals surface area contributed by atoms with Gasteiger partial charge in [-0.1, -0.05) is 269 Å². The van der Waals surface area contributed by atoms with Crippen LogP contribution in [0, 0.1) is 27.7 Å². The standard InChI is InChI=1S/C88H72N2/c1-7-29-61-55-81(89(65-35-17-11-18-36-65)85-57(3)47-53-75(59(85)5)87(63-31-13-9-14-32-63)77-43-25-21-39-69(77)70-40-22-26-44-78(70)87)73-52-50-68-62(30-8-2)56-82(74-51-49-67(61)83(73)84(68)74)90(66-37-19-12-20-38-66)86-58(4)48-54-76(60(86)6)88(64-33-15-10-16-34-64)79-45-27-23-41-71(79)72-42-24-28-46-80(72)88/h9-28,31-56H,7-8,29-30H2,1-6H3. The predicted molar refractivity (Wildman–Crippen MR) is 381 cm³/mol. The third-order valence-electron chi connectivity index (χ3n) is 20.4. The van der Waals surface area contributed by atoms with E-state index in [1.807, 2.05) is 0 Å². The molecule has 2 heteroatoms. The van der Waals surface area contributed by atoms with Crippen LogP contribution < -0.4 is 9.80 Å². The minimum atomic E-state index is -0.569. The Morgan fingerprint density at radius 2 is 0.589 bits per heavy atom. The molecule has 0 bridgehead atoms. The molecule has 434 valence electrons. The molecule has 0 saturated carbocycles. The molecule has 2 aliphatic carbocycles. The third kappa shape index (κ3) is 7.96. The molecule has 0 N–H and O–H groups in total. The maximum absolute atomic E-state index is 2.63. The van der Waals surface area contributed by atoms with E-state index in [4.69, 9.17) is 0 Å². The monoisotopic (exact) mass is 1160 g/mol. The molecular formula is C88H72N2. The molecule has 90 heavy (non-hydrogen) atoms. The largest absolute Gasteiger partial charge is 0.309 e. The van der Waals surface area contributed by atoms with Gasteiger partial charge in [0.05, 0.1) is 33.6 Å². The van der Waals surface area contributed by atoms with Gasteiger partial charge in [-0.2, -0.15) is 0 Å². The van der Waals surface area contributed by atoms with Crippen molar-refractivity contribution < 1.29 is 0 Å². The molecule has 0 radical (unpaired) electrons. The number of para-hydroxylation sites is 2. The van der Waals surface area contributed by atoms with Crippen LogP contribution in [-0.4, -0.2) is 0 Å². The van der Waals surface area contributed by atoms with Crippen LogP contribution in [0.4, 0.5) is 34.1 Å². The normalized spacial score (nSPS) is 13.4. The van der Waals surface area contributed by atoms with Gasteiger partial charge in [-0.05, 0) is 199 Å². The first-order chi connectivity index (χ1) is 44.3. The van der Waals surface area contributed by atoms with Gasteiger partial charge in [-0.25, -0.2) is 0 Å². The summed E-state index contributed by atoms with van der Waals surface area (Å²) in [6.07, 6.45) is 3.92. The first-order valence-electron chi connectivity index (χ1n) is 32.5. The smallest absolute Gasteiger partial charge is 0.0716 e. The molecule has 0 amide bonds. The van der Waals surface area contributed by atoms with Gasteiger partial charge in [0.2, 0.25) is 0 Å². The Balaban J connectivity index is 0.979. The average molecular weight is 1160 g/mol. The fourth-order valence-electron chi connectivity index (χ4n) is 16.9. The highest BCUT2D eigenvalue weighted by atomic mass is 15.2. The van der Waals surface area contributed by atoms with Crippen molar-refractivity contribution in [1.82, 2.24) is 0 Å². The lowest BCUT2D eigenvalue weighted by molar-refractivity contribution is 0.760. The van der Waals surface area contributed by atoms with Gasteiger partial charge in [0.1, 0.15) is 0 Å². The number of nitrogens with zero attached hydrogens (tertiary/aromatic N) is 2. The number of fused-ring (bicyclic) bond motifs is 6. The maximum atomic E-state index is 2.63. The average Bonchev–Trinajstić information content (AvgIpc) is 1.46. The van der Waals surface area contributed by atoms with E-state index < -0.39 is 10.8 Å². The molecule has 0 atom stereocenters. The van der Waals surface area contributed by atoms with Gasteiger partial charge in [0.25, 0.3) is 0 Å². The molecule has 0 heterocycles. The lowest BCUT2D eigenvalue weighted by atomic mass is 9.66. The van der Waals surface area contributed by atoms with E-state index >= 15 is 0 Å². The van der Waals surface area contributed by atoms with E-state index in [9.17, 15) is 0 Å². The van der Waals surface area contributed by atoms with Crippen molar-refractivity contribution in [3.05, 3.63) is 357 Å². The minimum Gasteiger partial charge on any atom is -0.309 e. The van der Waals surface area contributed by atoms with E-state index in [2.05, 4.69) is 330 Å². The molecule has 0 fully saturated rings. The van der Waals surface area contributed by atoms with Crippen LogP contribution in [0.2, 0.25) is 0 Å². The number of anilines is 6. The third-order valence-corrected chi connectivity index (χ3v) is 20.4. The molecule has 0 saturated heterocycles. The van der Waals surface area contributed by atoms with Crippen LogP contribution in [0.1, 0.15) is 105 Å². The lowest BCUT2D eigenvalue weighted by Crippen LogP contribution is -2.30. The number of aryl methyl sites for hydroxylation is 4. The second kappa shape index (κ2) is 21.8. The quantitative estimate of drug-likeness (QED) is 0.100. The van der Waals surface area contributed by atoms with Crippen molar-refractivity contribution in [3.63, 3.8) is 0 Å². The lowest BCUT2D eigenvalue weighted by Gasteiger charge is -2.38. The minimum absolute atomic E-state index is 0.569. The van der Waals surface area contributed by atoms with Crippen molar-refractivity contribution in [1.29, 1.82) is 0 Å². The topological polar surface area (TPSA) is 6.48 Å². The van der Waals surface area contributed by atoms with E-state index in [0.717, 1.165) is 37.1 Å². The zero-order valence-corrected chi connectivity index (χ0v) is 52.3. The Labute approximate surface area is 530 Å². The van der Waals surface area contributed by atoms with Gasteiger partial charge in [-0.15, -0.1) is 0 Å². The van der Waals surface area contributed by atoms with E-state index in [1.165, 1.54) is 155 Å². The molecule has 0 aliphatic heterocycles. The van der Waals surface area contributed by atoms with Crippen molar-refractivity contribution in [2.45, 2.75) is 78.1 Å². The first kappa shape index (κ1) is 55.1. The van der Waals surface area contributed by atoms with Crippen LogP contribution in [0.15, 0.2) is 279 Å². The summed E-state index contributed by atoms with van der Waals surface area (Å²) < 4.78 is 0. The van der Waals surface area contributed by atoms with Crippen LogP contribution >= 0.6 is 0 Å². The summed E-state index contributed by atoms with van der Waals surface area (Å²) in [4.78, 5) is 5.27. The van der Waals surface area contributed by atoms with Crippen molar-refractivity contribution in [2.75, 3.05) is 9.80 Å². The van der Waals surface area contributed by atoms with Crippen LogP contribution in [0.25, 0.3) is 54.6 Å². The highest BCUT2D eigenvalue weighted by molar-refractivity contribution is 6.29. The number of hydrogen-bond acceptors (Lipinski definition) is 2. The summed E-state index contributed by atoms with van der Waals surface area (Å²) in [6.45, 7) is 14.1. The van der Waals surface area contributed by atoms with Gasteiger partial charge in [0.15, 0.2) is 0 Å². The highest BCUT2D eigenvalue weighted by Crippen LogP contribution is 2.61. The van der Waals surface area contributed by atoms with Crippen LogP contribution in [-0.2, 0) is 23.7 Å². The molecule has 14 aromatic carbocycles. The number of hydrogen-bond donors (Lipinski definition) is 0. The molecule has 0 spiro atoms. The summed E-state index contributed by atoms with van der Waals surface area (Å²) in [5.41, 5.74) is 29.2. The van der Waals surface area contributed by atoms with Gasteiger partial charge in [-0.3, -0.25) is 0 Å². The Morgan fingerprint density at radius 1 is 0.289 bits per heavy atom. The van der Waals surface area contributed by atoms with E-state index in [1.54, 1.807) is 0 Å². The predicted octanol–water partition coefficient (Wildman–Crippen LogP) is 23.4. The summed E-state index contributed by atoms with van der Waals surface area (Å²) in [5, 5.41) is 7.80. The second-order valence-electron chi connectivity index (χ2n) is 25.2. The van der Waals surface area contributed by atoms with Crippen molar-refractivity contribution in [3.8, 4) is 22.3 Å². The van der Waals surface area contributed by atoms with Gasteiger partial charge in [0, 0.05) is 22.1 Å². The fraction of sp³-hybridized carbons (Fsp3) is 0.136. The van der Waals surface area contributed by atoms with Crippen LogP contribution in [0.5, 0.6) is 0 Å². The Bertz CT molecular complexity index is 4670. The highest BCUT2D eigenvalue weighted by Gasteiger charge is 2.49. The van der Waals surface area contributed by atoms with E-state index in [-0.39, 0.29) is 0 Å². The fourth-order valence-corrected chi connectivity index (χ4v) is 16.9. The molecule has 16 rings (SSSR count). The molecule has 14 aromatic rings. The van der Waals surface area contributed by atoms with Crippen molar-refractivity contribution in [2.24, 2.45) is 0 Å². The number of benzene rings is 14. The zero-order chi connectivity index (χ0) is 60.8. The van der Waals surface area contributed by atoms with Gasteiger partial charge < -0.3 is 9.80 Å². The first-order valence-corrected chi connectivity index (χ1v) is 32.5. The Kier molecular flexibility index (Phi) is 13.3. The number of rotatable bonds is 14. The second-order valence-corrected chi connectivity index (χ2v) is 25.2. The summed E-state index contributed by atoms with van der Waals surface area (Å²) >= 11 is 0. The van der Waals surface area contributed by atoms with Crippen molar-refractivity contribution >= 4 is 66.4 Å². The zero-order valence-electron chi connectivity index (χ0n) is 52.3. The summed E-state index contributed by atoms with van der Waals surface area (Å²) in [6, 6.07) is 106.